The summed E-state index contributed by atoms with van der Waals surface area (Å²) in [5, 5.41) is 5.95. The molecule has 14 heteroatoms. The molecule has 0 bridgehead atoms. The topological polar surface area (TPSA) is 153 Å². The molecule has 1 aliphatic carbocycles. The third-order valence-corrected chi connectivity index (χ3v) is 10.1. The molecule has 310 valence electrons. The number of amides is 3. The van der Waals surface area contributed by atoms with Crippen LogP contribution >= 0.6 is 27.0 Å². The standard InChI is InChI=1S/C43H54N4O8.2H2S/c1-41(2,3)54-35(48)20-19-34(39(52)55-42(4,5)6)45-40(53)43(28-14-9-8-10-15-28)24-21-31(30-16-11-12-18-33(30)43)38(51)47-26-22-29(23-27-47)44-36(49)32-17-13-25-46(7)37(32)50;;/h8-18,25,29,31,34H,19-24,26-27H2,1-7H3,(H,44,49)(H,45,53);2*1H2/t31-,34-,43+;;/m0../s1. The van der Waals surface area contributed by atoms with Crippen molar-refractivity contribution in [2.45, 2.75) is 115 Å². The Hall–Kier alpha value is -4.56. The fourth-order valence-corrected chi connectivity index (χ4v) is 7.54. The number of rotatable bonds is 10. The molecule has 57 heavy (non-hydrogen) atoms. The first-order valence-electron chi connectivity index (χ1n) is 19.1. The Kier molecular flexibility index (Phi) is 15.8. The van der Waals surface area contributed by atoms with Gasteiger partial charge in [0.15, 0.2) is 0 Å². The number of carbonyl (C=O) groups is 5. The summed E-state index contributed by atoms with van der Waals surface area (Å²) < 4.78 is 12.6. The lowest BCUT2D eigenvalue weighted by Crippen LogP contribution is -2.54. The van der Waals surface area contributed by atoms with E-state index in [1.807, 2.05) is 59.5 Å². The zero-order valence-corrected chi connectivity index (χ0v) is 36.0. The summed E-state index contributed by atoms with van der Waals surface area (Å²) in [5.74, 6) is -2.59. The largest absolute Gasteiger partial charge is 0.460 e. The average Bonchev–Trinajstić information content (AvgIpc) is 3.12. The monoisotopic (exact) mass is 822 g/mol. The third kappa shape index (κ3) is 11.3. The molecule has 2 heterocycles. The van der Waals surface area contributed by atoms with Gasteiger partial charge in [-0.3, -0.25) is 24.0 Å². The van der Waals surface area contributed by atoms with Gasteiger partial charge in [-0.25, -0.2) is 4.79 Å². The number of carbonyl (C=O) groups excluding carboxylic acids is 5. The SMILES string of the molecule is Cn1cccc(C(=O)NC2CCN(C(=O)[C@H]3CC[C@@](C(=O)N[C@@H](CCC(=O)OC(C)(C)C)C(=O)OC(C)(C)C)(c4ccccc4)c4ccccc43)CC2)c1=O.S.S. The van der Waals surface area contributed by atoms with E-state index < -0.39 is 52.3 Å². The third-order valence-electron chi connectivity index (χ3n) is 10.1. The molecular weight excluding hydrogens is 765 g/mol. The van der Waals surface area contributed by atoms with Crippen LogP contribution in [0.25, 0.3) is 0 Å². The Balaban J connectivity index is 0.00000435. The second-order valence-corrected chi connectivity index (χ2v) is 16.5. The molecule has 0 spiro atoms. The Bertz CT molecular complexity index is 1970. The van der Waals surface area contributed by atoms with Crippen LogP contribution in [0.4, 0.5) is 0 Å². The van der Waals surface area contributed by atoms with Crippen molar-refractivity contribution in [3.63, 3.8) is 0 Å². The highest BCUT2D eigenvalue weighted by molar-refractivity contribution is 7.59. The van der Waals surface area contributed by atoms with Crippen LogP contribution in [0.1, 0.15) is 113 Å². The number of nitrogens with one attached hydrogen (secondary N) is 2. The number of nitrogens with zero attached hydrogens (tertiary/aromatic N) is 2. The van der Waals surface area contributed by atoms with Gasteiger partial charge in [0.2, 0.25) is 11.8 Å². The van der Waals surface area contributed by atoms with E-state index in [2.05, 4.69) is 10.6 Å². The van der Waals surface area contributed by atoms with Crippen molar-refractivity contribution in [3.8, 4) is 0 Å². The molecule has 3 amide bonds. The predicted molar refractivity (Wildman–Crippen MR) is 228 cm³/mol. The van der Waals surface area contributed by atoms with Gasteiger partial charge in [0.1, 0.15) is 22.8 Å². The first-order chi connectivity index (χ1) is 25.9. The number of benzene rings is 2. The van der Waals surface area contributed by atoms with Gasteiger partial charge in [0, 0.05) is 38.8 Å². The van der Waals surface area contributed by atoms with Crippen molar-refractivity contribution < 1.29 is 33.4 Å². The smallest absolute Gasteiger partial charge is 0.329 e. The molecule has 12 nitrogen and oxygen atoms in total. The van der Waals surface area contributed by atoms with Crippen molar-refractivity contribution in [3.05, 3.63) is 106 Å². The van der Waals surface area contributed by atoms with Gasteiger partial charge in [0.05, 0.1) is 11.3 Å². The Labute approximate surface area is 349 Å². The van der Waals surface area contributed by atoms with Crippen LogP contribution in [0.2, 0.25) is 0 Å². The van der Waals surface area contributed by atoms with E-state index in [-0.39, 0.29) is 69.3 Å². The molecule has 1 saturated heterocycles. The quantitative estimate of drug-likeness (QED) is 0.267. The molecule has 1 aromatic heterocycles. The summed E-state index contributed by atoms with van der Waals surface area (Å²) >= 11 is 0. The molecule has 3 aromatic rings. The van der Waals surface area contributed by atoms with Crippen molar-refractivity contribution >= 4 is 56.7 Å². The summed E-state index contributed by atoms with van der Waals surface area (Å²) in [7, 11) is 1.60. The lowest BCUT2D eigenvalue weighted by molar-refractivity contribution is -0.160. The van der Waals surface area contributed by atoms with Gasteiger partial charge >= 0.3 is 11.9 Å². The minimum atomic E-state index is -1.26. The highest BCUT2D eigenvalue weighted by Gasteiger charge is 2.50. The van der Waals surface area contributed by atoms with Crippen molar-refractivity contribution in [1.29, 1.82) is 0 Å². The van der Waals surface area contributed by atoms with Gasteiger partial charge in [0.25, 0.3) is 11.5 Å². The minimum Gasteiger partial charge on any atom is -0.460 e. The van der Waals surface area contributed by atoms with E-state index in [0.717, 1.165) is 5.56 Å². The summed E-state index contributed by atoms with van der Waals surface area (Å²) in [6.07, 6.45) is 3.16. The molecule has 1 fully saturated rings. The number of aryl methyl sites for hydroxylation is 1. The Morgan fingerprint density at radius 2 is 1.44 bits per heavy atom. The van der Waals surface area contributed by atoms with Crippen LogP contribution in [0.15, 0.2) is 77.7 Å². The molecule has 3 atom stereocenters. The van der Waals surface area contributed by atoms with Crippen LogP contribution in [-0.2, 0) is 41.1 Å². The van der Waals surface area contributed by atoms with Crippen molar-refractivity contribution in [1.82, 2.24) is 20.1 Å². The van der Waals surface area contributed by atoms with E-state index in [4.69, 9.17) is 9.47 Å². The summed E-state index contributed by atoms with van der Waals surface area (Å²) in [4.78, 5) is 82.7. The molecule has 0 radical (unpaired) electrons. The number of pyridine rings is 1. The molecule has 0 unspecified atom stereocenters. The first-order valence-corrected chi connectivity index (χ1v) is 19.1. The highest BCUT2D eigenvalue weighted by Crippen LogP contribution is 2.48. The van der Waals surface area contributed by atoms with Crippen LogP contribution in [-0.4, -0.2) is 75.5 Å². The van der Waals surface area contributed by atoms with Gasteiger partial charge in [-0.2, -0.15) is 27.0 Å². The van der Waals surface area contributed by atoms with Gasteiger partial charge in [-0.05, 0) is 102 Å². The predicted octanol–water partition coefficient (Wildman–Crippen LogP) is 5.14. The number of esters is 2. The first kappa shape index (κ1) is 46.8. The molecule has 2 aromatic carbocycles. The molecule has 0 saturated carbocycles. The maximum absolute atomic E-state index is 14.9. The summed E-state index contributed by atoms with van der Waals surface area (Å²) in [6.45, 7) is 11.4. The zero-order valence-electron chi connectivity index (χ0n) is 34.0. The van der Waals surface area contributed by atoms with E-state index in [1.54, 1.807) is 60.9 Å². The molecule has 5 rings (SSSR count). The average molecular weight is 823 g/mol. The lowest BCUT2D eigenvalue weighted by Gasteiger charge is -2.43. The number of hydrogen-bond donors (Lipinski definition) is 2. The second kappa shape index (κ2) is 19.3. The number of hydrogen-bond acceptors (Lipinski definition) is 8. The maximum Gasteiger partial charge on any atom is 0.329 e. The second-order valence-electron chi connectivity index (χ2n) is 16.5. The van der Waals surface area contributed by atoms with Crippen LogP contribution in [0.5, 0.6) is 0 Å². The summed E-state index contributed by atoms with van der Waals surface area (Å²) in [5.41, 5.74) is -0.986. The zero-order chi connectivity index (χ0) is 40.1. The van der Waals surface area contributed by atoms with Crippen LogP contribution in [0.3, 0.4) is 0 Å². The number of aromatic nitrogens is 1. The molecule has 2 aliphatic rings. The molecule has 1 aliphatic heterocycles. The van der Waals surface area contributed by atoms with Crippen LogP contribution in [0, 0.1) is 0 Å². The molecule has 2 N–H and O–H groups in total. The number of ether oxygens (including phenoxy) is 2. The molecular formula is C43H58N4O8S2. The summed E-state index contributed by atoms with van der Waals surface area (Å²) in [6, 6.07) is 18.6. The van der Waals surface area contributed by atoms with Crippen molar-refractivity contribution in [2.24, 2.45) is 7.05 Å². The van der Waals surface area contributed by atoms with E-state index in [0.29, 0.717) is 43.5 Å². The van der Waals surface area contributed by atoms with Gasteiger partial charge < -0.3 is 29.6 Å². The minimum absolute atomic E-state index is 0. The van der Waals surface area contributed by atoms with E-state index in [1.165, 1.54) is 10.6 Å². The highest BCUT2D eigenvalue weighted by atomic mass is 32.1. The van der Waals surface area contributed by atoms with Gasteiger partial charge in [-0.1, -0.05) is 54.6 Å². The maximum atomic E-state index is 14.9. The fourth-order valence-electron chi connectivity index (χ4n) is 7.54. The lowest BCUT2D eigenvalue weighted by atomic mass is 9.62. The Morgan fingerprint density at radius 1 is 0.825 bits per heavy atom. The number of fused-ring (bicyclic) bond motifs is 1. The van der Waals surface area contributed by atoms with E-state index >= 15 is 0 Å². The van der Waals surface area contributed by atoms with Gasteiger partial charge in [-0.15, -0.1) is 0 Å². The fraction of sp³-hybridized carbons (Fsp3) is 0.488. The van der Waals surface area contributed by atoms with Crippen LogP contribution < -0.4 is 16.2 Å². The number of likely N-dealkylation sites (tertiary alicyclic amines) is 1. The normalized spacial score (nSPS) is 18.7. The Morgan fingerprint density at radius 3 is 2.07 bits per heavy atom. The van der Waals surface area contributed by atoms with E-state index in [9.17, 15) is 28.8 Å². The van der Waals surface area contributed by atoms with Crippen molar-refractivity contribution in [2.75, 3.05) is 13.1 Å². The number of piperidine rings is 1.